The molecule has 0 aromatic rings. The van der Waals surface area contributed by atoms with E-state index in [4.69, 9.17) is 10.2 Å². The lowest BCUT2D eigenvalue weighted by atomic mass is 10.0. The standard InChI is InChI=1S/C10H19NO4/c1-4-5-6(2)9(13)11-8(7(3)12)10(14)15/h6-8,12H,4-5H2,1-3H3,(H,11,13)(H,14,15). The smallest absolute Gasteiger partial charge is 0.328 e. The molecular formula is C10H19NO4. The normalized spacial score (nSPS) is 16.5. The number of carboxylic acid groups (broad SMARTS) is 1. The van der Waals surface area contributed by atoms with Crippen molar-refractivity contribution in [3.8, 4) is 0 Å². The third-order valence-electron chi connectivity index (χ3n) is 2.22. The lowest BCUT2D eigenvalue weighted by Crippen LogP contribution is -2.49. The Morgan fingerprint density at radius 2 is 1.87 bits per heavy atom. The van der Waals surface area contributed by atoms with E-state index in [9.17, 15) is 9.59 Å². The molecule has 15 heavy (non-hydrogen) atoms. The van der Waals surface area contributed by atoms with Crippen LogP contribution >= 0.6 is 0 Å². The van der Waals surface area contributed by atoms with E-state index in [1.54, 1.807) is 6.92 Å². The van der Waals surface area contributed by atoms with E-state index in [-0.39, 0.29) is 11.8 Å². The molecule has 5 heteroatoms. The van der Waals surface area contributed by atoms with Crippen LogP contribution in [0.1, 0.15) is 33.6 Å². The number of aliphatic hydroxyl groups is 1. The van der Waals surface area contributed by atoms with E-state index in [1.165, 1.54) is 6.92 Å². The van der Waals surface area contributed by atoms with Crippen molar-refractivity contribution in [1.29, 1.82) is 0 Å². The molecule has 3 unspecified atom stereocenters. The third kappa shape index (κ3) is 4.78. The van der Waals surface area contributed by atoms with Crippen molar-refractivity contribution in [1.82, 2.24) is 5.32 Å². The maximum atomic E-state index is 11.5. The molecule has 5 nitrogen and oxygen atoms in total. The monoisotopic (exact) mass is 217 g/mol. The van der Waals surface area contributed by atoms with Gasteiger partial charge < -0.3 is 15.5 Å². The van der Waals surface area contributed by atoms with Gasteiger partial charge in [0.2, 0.25) is 5.91 Å². The van der Waals surface area contributed by atoms with Gasteiger partial charge in [-0.2, -0.15) is 0 Å². The van der Waals surface area contributed by atoms with Gasteiger partial charge in [0.05, 0.1) is 6.10 Å². The fourth-order valence-corrected chi connectivity index (χ4v) is 1.25. The summed E-state index contributed by atoms with van der Waals surface area (Å²) in [5.74, 6) is -1.78. The van der Waals surface area contributed by atoms with Crippen molar-refractivity contribution in [3.05, 3.63) is 0 Å². The number of carbonyl (C=O) groups is 2. The maximum absolute atomic E-state index is 11.5. The second-order valence-corrected chi connectivity index (χ2v) is 3.75. The van der Waals surface area contributed by atoms with Gasteiger partial charge in [-0.05, 0) is 13.3 Å². The average molecular weight is 217 g/mol. The molecule has 0 rings (SSSR count). The highest BCUT2D eigenvalue weighted by molar-refractivity contribution is 5.85. The van der Waals surface area contributed by atoms with Gasteiger partial charge in [0.1, 0.15) is 0 Å². The first-order chi connectivity index (χ1) is 6.90. The van der Waals surface area contributed by atoms with Crippen LogP contribution in [0.4, 0.5) is 0 Å². The van der Waals surface area contributed by atoms with Crippen LogP contribution in [0.25, 0.3) is 0 Å². The maximum Gasteiger partial charge on any atom is 0.328 e. The Hall–Kier alpha value is -1.10. The number of carbonyl (C=O) groups excluding carboxylic acids is 1. The van der Waals surface area contributed by atoms with Gasteiger partial charge in [-0.25, -0.2) is 4.79 Å². The minimum Gasteiger partial charge on any atom is -0.480 e. The van der Waals surface area contributed by atoms with Gasteiger partial charge >= 0.3 is 5.97 Å². The van der Waals surface area contributed by atoms with E-state index < -0.39 is 18.1 Å². The Balaban J connectivity index is 4.29. The minimum absolute atomic E-state index is 0.226. The second-order valence-electron chi connectivity index (χ2n) is 3.75. The number of carboxylic acids is 1. The molecule has 0 spiro atoms. The molecular weight excluding hydrogens is 198 g/mol. The summed E-state index contributed by atoms with van der Waals surface area (Å²) in [6, 6.07) is -1.23. The minimum atomic E-state index is -1.23. The van der Waals surface area contributed by atoms with E-state index in [1.807, 2.05) is 6.92 Å². The summed E-state index contributed by atoms with van der Waals surface area (Å²) in [4.78, 5) is 22.1. The molecule has 0 aliphatic rings. The molecule has 88 valence electrons. The highest BCUT2D eigenvalue weighted by atomic mass is 16.4. The van der Waals surface area contributed by atoms with Gasteiger partial charge in [-0.1, -0.05) is 20.3 Å². The molecule has 3 N–H and O–H groups in total. The van der Waals surface area contributed by atoms with Crippen LogP contribution in [-0.2, 0) is 9.59 Å². The summed E-state index contributed by atoms with van der Waals surface area (Å²) < 4.78 is 0. The van der Waals surface area contributed by atoms with Crippen molar-refractivity contribution in [2.24, 2.45) is 5.92 Å². The molecule has 0 heterocycles. The van der Waals surface area contributed by atoms with Crippen molar-refractivity contribution in [2.45, 2.75) is 45.8 Å². The fourth-order valence-electron chi connectivity index (χ4n) is 1.25. The Morgan fingerprint density at radius 1 is 1.33 bits per heavy atom. The number of aliphatic carboxylic acids is 1. The number of rotatable bonds is 6. The lowest BCUT2D eigenvalue weighted by Gasteiger charge is -2.19. The molecule has 0 saturated heterocycles. The molecule has 0 radical (unpaired) electrons. The summed E-state index contributed by atoms with van der Waals surface area (Å²) in [6.07, 6.45) is 0.471. The molecule has 0 fully saturated rings. The van der Waals surface area contributed by atoms with Crippen LogP contribution in [0.3, 0.4) is 0 Å². The predicted octanol–water partition coefficient (Wildman–Crippen LogP) is 0.373. The predicted molar refractivity (Wildman–Crippen MR) is 55.3 cm³/mol. The van der Waals surface area contributed by atoms with E-state index in [0.717, 1.165) is 6.42 Å². The van der Waals surface area contributed by atoms with Crippen molar-refractivity contribution >= 4 is 11.9 Å². The number of amides is 1. The zero-order chi connectivity index (χ0) is 12.0. The SMILES string of the molecule is CCCC(C)C(=O)NC(C(=O)O)C(C)O. The van der Waals surface area contributed by atoms with Gasteiger partial charge in [0, 0.05) is 5.92 Å². The van der Waals surface area contributed by atoms with Crippen molar-refractivity contribution < 1.29 is 19.8 Å². The van der Waals surface area contributed by atoms with Gasteiger partial charge in [-0.3, -0.25) is 4.79 Å². The molecule has 3 atom stereocenters. The number of nitrogens with one attached hydrogen (secondary N) is 1. The van der Waals surface area contributed by atoms with Crippen LogP contribution in [-0.4, -0.2) is 34.2 Å². The fraction of sp³-hybridized carbons (Fsp3) is 0.800. The van der Waals surface area contributed by atoms with Crippen molar-refractivity contribution in [2.75, 3.05) is 0 Å². The second kappa shape index (κ2) is 6.40. The molecule has 0 saturated carbocycles. The number of aliphatic hydroxyl groups excluding tert-OH is 1. The Kier molecular flexibility index (Phi) is 5.93. The van der Waals surface area contributed by atoms with Gasteiger partial charge in [0.15, 0.2) is 6.04 Å². The largest absolute Gasteiger partial charge is 0.480 e. The van der Waals surface area contributed by atoms with E-state index >= 15 is 0 Å². The average Bonchev–Trinajstić information content (AvgIpc) is 2.12. The molecule has 0 aliphatic heterocycles. The van der Waals surface area contributed by atoms with Crippen LogP contribution in [0, 0.1) is 5.92 Å². The first-order valence-corrected chi connectivity index (χ1v) is 5.11. The van der Waals surface area contributed by atoms with Gasteiger partial charge in [0.25, 0.3) is 0 Å². The zero-order valence-corrected chi connectivity index (χ0v) is 9.36. The molecule has 0 aromatic carbocycles. The van der Waals surface area contributed by atoms with E-state index in [0.29, 0.717) is 6.42 Å². The quantitative estimate of drug-likeness (QED) is 0.600. The molecule has 0 aliphatic carbocycles. The highest BCUT2D eigenvalue weighted by Crippen LogP contribution is 2.06. The Bertz CT molecular complexity index is 227. The summed E-state index contributed by atoms with van der Waals surface area (Å²) in [6.45, 7) is 5.02. The van der Waals surface area contributed by atoms with Crippen LogP contribution in [0.2, 0.25) is 0 Å². The topological polar surface area (TPSA) is 86.6 Å². The first-order valence-electron chi connectivity index (χ1n) is 5.11. The Morgan fingerprint density at radius 3 is 2.20 bits per heavy atom. The molecule has 0 aromatic heterocycles. The summed E-state index contributed by atoms with van der Waals surface area (Å²) in [5.41, 5.74) is 0. The van der Waals surface area contributed by atoms with Crippen molar-refractivity contribution in [3.63, 3.8) is 0 Å². The van der Waals surface area contributed by atoms with Gasteiger partial charge in [-0.15, -0.1) is 0 Å². The zero-order valence-electron chi connectivity index (χ0n) is 9.36. The third-order valence-corrected chi connectivity index (χ3v) is 2.22. The molecule has 1 amide bonds. The first kappa shape index (κ1) is 13.9. The van der Waals surface area contributed by atoms with Crippen LogP contribution < -0.4 is 5.32 Å². The highest BCUT2D eigenvalue weighted by Gasteiger charge is 2.26. The van der Waals surface area contributed by atoms with E-state index in [2.05, 4.69) is 5.32 Å². The van der Waals surface area contributed by atoms with Crippen LogP contribution in [0.5, 0.6) is 0 Å². The summed E-state index contributed by atoms with van der Waals surface area (Å²) >= 11 is 0. The number of hydrogen-bond donors (Lipinski definition) is 3. The Labute approximate surface area is 89.5 Å². The summed E-state index contributed by atoms with van der Waals surface area (Å²) in [5, 5.41) is 20.2. The summed E-state index contributed by atoms with van der Waals surface area (Å²) in [7, 11) is 0. The number of hydrogen-bond acceptors (Lipinski definition) is 3. The lowest BCUT2D eigenvalue weighted by molar-refractivity contribution is -0.145. The van der Waals surface area contributed by atoms with Crippen LogP contribution in [0.15, 0.2) is 0 Å². The molecule has 0 bridgehead atoms.